The minimum absolute atomic E-state index is 2.56. The van der Waals surface area contributed by atoms with Crippen LogP contribution in [0, 0.1) is 0 Å². The molecular weight excluding hydrogens is 167 g/mol. The maximum absolute atomic E-state index is 7.33. The zero-order valence-electron chi connectivity index (χ0n) is 3.07. The second-order valence-electron chi connectivity index (χ2n) is 0.600. The zero-order valence-corrected chi connectivity index (χ0v) is 5.11. The molecule has 0 spiro atoms. The van der Waals surface area contributed by atoms with E-state index in [0.717, 1.165) is 0 Å². The van der Waals surface area contributed by atoms with Crippen molar-refractivity contribution in [2.45, 2.75) is 0 Å². The normalized spacial score (nSPS) is 9.57. The van der Waals surface area contributed by atoms with Crippen molar-refractivity contribution in [3.63, 3.8) is 0 Å². The Hall–Kier alpha value is 0.523. The van der Waals surface area contributed by atoms with Crippen LogP contribution in [0.2, 0.25) is 0 Å². The molecule has 0 bridgehead atoms. The van der Waals surface area contributed by atoms with E-state index >= 15 is 0 Å². The molecule has 0 aromatic rings. The molecule has 0 saturated carbocycles. The van der Waals surface area contributed by atoms with Crippen LogP contribution >= 0.6 is 0 Å². The van der Waals surface area contributed by atoms with Crippen molar-refractivity contribution >= 4 is 9.05 Å². The molecule has 7 heteroatoms. The molecule has 0 heterocycles. The molecule has 0 atom stereocenters. The van der Waals surface area contributed by atoms with Gasteiger partial charge in [-0.1, -0.05) is 0 Å². The van der Waals surface area contributed by atoms with Crippen LogP contribution in [0.5, 0.6) is 0 Å². The Morgan fingerprint density at radius 1 is 0.857 bits per heavy atom. The molecule has 0 amide bonds. The first kappa shape index (κ1) is 10.5. The first-order chi connectivity index (χ1) is 3.00. The SMILES string of the molecule is O[Si](O)(O)O.[OH][Co]. The monoisotopic (exact) mass is 172 g/mol. The Morgan fingerprint density at radius 2 is 0.857 bits per heavy atom. The number of hydrogen-bond acceptors (Lipinski definition) is 5. The second kappa shape index (κ2) is 4.68. The van der Waals surface area contributed by atoms with Crippen molar-refractivity contribution in [3.05, 3.63) is 0 Å². The van der Waals surface area contributed by atoms with E-state index in [1.807, 2.05) is 0 Å². The fourth-order valence-electron chi connectivity index (χ4n) is 0. The van der Waals surface area contributed by atoms with Gasteiger partial charge in [0, 0.05) is 0 Å². The summed E-state index contributed by atoms with van der Waals surface area (Å²) < 4.78 is 6.69. The van der Waals surface area contributed by atoms with Gasteiger partial charge in [0.05, 0.1) is 0 Å². The van der Waals surface area contributed by atoms with Crippen LogP contribution in [0.25, 0.3) is 0 Å². The first-order valence-corrected chi connectivity index (χ1v) is 3.30. The van der Waals surface area contributed by atoms with E-state index in [9.17, 15) is 0 Å². The van der Waals surface area contributed by atoms with Gasteiger partial charge in [-0.25, -0.2) is 0 Å². The van der Waals surface area contributed by atoms with Crippen molar-refractivity contribution in [1.29, 1.82) is 0 Å². The third kappa shape index (κ3) is 487. The van der Waals surface area contributed by atoms with Gasteiger partial charge >= 0.3 is 29.3 Å². The average Bonchev–Trinajstić information content (AvgIpc) is 1.36. The molecular formula is H5CoO5Si. The molecule has 5 nitrogen and oxygen atoms in total. The second-order valence-corrected chi connectivity index (χ2v) is 1.80. The van der Waals surface area contributed by atoms with Gasteiger partial charge < -0.3 is 19.2 Å². The first-order valence-electron chi connectivity index (χ1n) is 1.04. The zero-order chi connectivity index (χ0) is 6.50. The van der Waals surface area contributed by atoms with Crippen molar-refractivity contribution < 1.29 is 39.5 Å². The minimum atomic E-state index is -4.61. The van der Waals surface area contributed by atoms with Crippen LogP contribution in [0.15, 0.2) is 0 Å². The molecule has 0 aliphatic heterocycles. The van der Waals surface area contributed by atoms with Gasteiger partial charge in [0.25, 0.3) is 0 Å². The standard InChI is InChI=1S/Co.H4O4Si.H2O/c;1-5(2,3)4;/h;1-4H;1H2/q+1;;/p-1. The summed E-state index contributed by atoms with van der Waals surface area (Å²) in [5.74, 6) is 0. The van der Waals surface area contributed by atoms with Gasteiger partial charge in [-0.15, -0.1) is 0 Å². The summed E-state index contributed by atoms with van der Waals surface area (Å²) in [4.78, 5) is 29.3. The Kier molecular flexibility index (Phi) is 7.01. The van der Waals surface area contributed by atoms with Crippen molar-refractivity contribution in [1.82, 2.24) is 0 Å². The van der Waals surface area contributed by atoms with Crippen molar-refractivity contribution in [2.24, 2.45) is 0 Å². The van der Waals surface area contributed by atoms with Crippen LogP contribution < -0.4 is 0 Å². The summed E-state index contributed by atoms with van der Waals surface area (Å²) in [6, 6.07) is 0. The summed E-state index contributed by atoms with van der Waals surface area (Å²) in [5, 5.41) is 0. The van der Waals surface area contributed by atoms with Crippen LogP contribution in [0.3, 0.4) is 0 Å². The van der Waals surface area contributed by atoms with Crippen LogP contribution in [0.4, 0.5) is 0 Å². The molecule has 0 aliphatic carbocycles. The van der Waals surface area contributed by atoms with Gasteiger partial charge in [-0.2, -0.15) is 0 Å². The summed E-state index contributed by atoms with van der Waals surface area (Å²) >= 11 is 2.56. The van der Waals surface area contributed by atoms with E-state index in [-0.39, 0.29) is 0 Å². The predicted molar refractivity (Wildman–Crippen MR) is 16.8 cm³/mol. The molecule has 0 radical (unpaired) electrons. The van der Waals surface area contributed by atoms with Gasteiger partial charge in [-0.3, -0.25) is 0 Å². The topological polar surface area (TPSA) is 101 Å². The molecule has 0 saturated heterocycles. The van der Waals surface area contributed by atoms with Gasteiger partial charge in [0.15, 0.2) is 0 Å². The van der Waals surface area contributed by atoms with E-state index < -0.39 is 9.05 Å². The fourth-order valence-corrected chi connectivity index (χ4v) is 0. The third-order valence-corrected chi connectivity index (χ3v) is 0. The van der Waals surface area contributed by atoms with E-state index in [1.54, 1.807) is 0 Å². The molecule has 7 heavy (non-hydrogen) atoms. The fraction of sp³-hybridized carbons (Fsp3) is 0. The third-order valence-electron chi connectivity index (χ3n) is 0. The molecule has 5 N–H and O–H groups in total. The Bertz CT molecular complexity index is 23.6. The number of rotatable bonds is 0. The quantitative estimate of drug-likeness (QED) is 0.248. The molecule has 0 rings (SSSR count). The predicted octanol–water partition coefficient (Wildman–Crippen LogP) is -3.17. The van der Waals surface area contributed by atoms with Crippen LogP contribution in [0.1, 0.15) is 0 Å². The summed E-state index contributed by atoms with van der Waals surface area (Å²) in [5.41, 5.74) is 0. The Morgan fingerprint density at radius 3 is 0.857 bits per heavy atom. The molecule has 0 unspecified atom stereocenters. The van der Waals surface area contributed by atoms with E-state index in [2.05, 4.69) is 16.1 Å². The Balaban J connectivity index is 0. The van der Waals surface area contributed by atoms with Crippen molar-refractivity contribution in [2.75, 3.05) is 0 Å². The van der Waals surface area contributed by atoms with E-state index in [4.69, 9.17) is 23.4 Å². The van der Waals surface area contributed by atoms with E-state index in [1.165, 1.54) is 0 Å². The Labute approximate surface area is 49.3 Å². The molecule has 48 valence electrons. The molecule has 0 aromatic carbocycles. The number of hydrogen-bond donors (Lipinski definition) is 5. The molecule has 0 fully saturated rings. The van der Waals surface area contributed by atoms with E-state index in [0.29, 0.717) is 0 Å². The molecule has 0 aliphatic rings. The van der Waals surface area contributed by atoms with Gasteiger partial charge in [-0.05, 0) is 0 Å². The summed E-state index contributed by atoms with van der Waals surface area (Å²) in [7, 11) is -4.61. The van der Waals surface area contributed by atoms with Gasteiger partial charge in [0.1, 0.15) is 0 Å². The summed E-state index contributed by atoms with van der Waals surface area (Å²) in [6.07, 6.45) is 0. The summed E-state index contributed by atoms with van der Waals surface area (Å²) in [6.45, 7) is 0. The van der Waals surface area contributed by atoms with Crippen LogP contribution in [-0.4, -0.2) is 32.4 Å². The van der Waals surface area contributed by atoms with Gasteiger partial charge in [0.2, 0.25) is 0 Å². The van der Waals surface area contributed by atoms with Crippen molar-refractivity contribution in [3.8, 4) is 0 Å². The molecule has 0 aromatic heterocycles. The van der Waals surface area contributed by atoms with Crippen LogP contribution in [-0.2, 0) is 16.1 Å². The average molecular weight is 172 g/mol. The maximum atomic E-state index is 7.33.